The van der Waals surface area contributed by atoms with Crippen molar-refractivity contribution in [2.75, 3.05) is 6.61 Å². The second kappa shape index (κ2) is 6.63. The highest BCUT2D eigenvalue weighted by Gasteiger charge is 2.14. The summed E-state index contributed by atoms with van der Waals surface area (Å²) >= 11 is 9.41. The van der Waals surface area contributed by atoms with Crippen LogP contribution in [0.5, 0.6) is 5.75 Å². The number of carbonyl (C=O) groups is 1. The normalized spacial score (nSPS) is 10.5. The van der Waals surface area contributed by atoms with Crippen molar-refractivity contribution in [3.8, 4) is 5.75 Å². The fourth-order valence-electron chi connectivity index (χ4n) is 2.42. The molecule has 2 aromatic rings. The molecule has 0 aliphatic rings. The average molecular weight is 368 g/mol. The van der Waals surface area contributed by atoms with E-state index in [0.717, 1.165) is 26.7 Å². The highest BCUT2D eigenvalue weighted by atomic mass is 79.9. The van der Waals surface area contributed by atoms with Gasteiger partial charge in [0, 0.05) is 10.0 Å². The van der Waals surface area contributed by atoms with E-state index in [1.54, 1.807) is 12.1 Å². The Kier molecular flexibility index (Phi) is 5.07. The largest absolute Gasteiger partial charge is 0.484 e. The molecule has 0 unspecified atom stereocenters. The Morgan fingerprint density at radius 2 is 1.76 bits per heavy atom. The lowest BCUT2D eigenvalue weighted by Crippen LogP contribution is -2.14. The Morgan fingerprint density at radius 1 is 1.14 bits per heavy atom. The molecule has 0 saturated carbocycles. The summed E-state index contributed by atoms with van der Waals surface area (Å²) in [6.45, 7) is 5.88. The third-order valence-corrected chi connectivity index (χ3v) is 4.01. The number of rotatable bonds is 4. The first-order valence-electron chi connectivity index (χ1n) is 6.57. The van der Waals surface area contributed by atoms with E-state index in [2.05, 4.69) is 15.9 Å². The predicted octanol–water partition coefficient (Wildman–Crippen LogP) is 5.29. The molecule has 21 heavy (non-hydrogen) atoms. The molecule has 0 aliphatic carbocycles. The molecule has 110 valence electrons. The second-order valence-corrected chi connectivity index (χ2v) is 6.38. The minimum absolute atomic E-state index is 0.0269. The van der Waals surface area contributed by atoms with E-state index in [1.165, 1.54) is 0 Å². The maximum Gasteiger partial charge on any atom is 0.200 e. The summed E-state index contributed by atoms with van der Waals surface area (Å²) < 4.78 is 6.42. The molecule has 0 amide bonds. The highest BCUT2D eigenvalue weighted by Crippen LogP contribution is 2.28. The number of ketones is 1. The zero-order chi connectivity index (χ0) is 15.6. The Hall–Kier alpha value is -1.32. The molecule has 0 spiro atoms. The zero-order valence-electron chi connectivity index (χ0n) is 12.2. The van der Waals surface area contributed by atoms with Crippen LogP contribution in [0.1, 0.15) is 27.0 Å². The Labute approximate surface area is 138 Å². The van der Waals surface area contributed by atoms with Gasteiger partial charge in [-0.2, -0.15) is 0 Å². The van der Waals surface area contributed by atoms with E-state index in [0.29, 0.717) is 10.8 Å². The van der Waals surface area contributed by atoms with E-state index >= 15 is 0 Å². The number of hydrogen-bond acceptors (Lipinski definition) is 2. The average Bonchev–Trinajstić information content (AvgIpc) is 2.38. The maximum absolute atomic E-state index is 12.4. The van der Waals surface area contributed by atoms with Crippen molar-refractivity contribution in [1.82, 2.24) is 0 Å². The van der Waals surface area contributed by atoms with Crippen LogP contribution in [0.15, 0.2) is 34.8 Å². The van der Waals surface area contributed by atoms with Gasteiger partial charge >= 0.3 is 0 Å². The first kappa shape index (κ1) is 16.1. The molecule has 0 fully saturated rings. The molecular weight excluding hydrogens is 352 g/mol. The summed E-state index contributed by atoms with van der Waals surface area (Å²) in [4.78, 5) is 12.4. The van der Waals surface area contributed by atoms with E-state index in [-0.39, 0.29) is 12.4 Å². The molecule has 0 bridgehead atoms. The molecule has 0 heterocycles. The van der Waals surface area contributed by atoms with E-state index < -0.39 is 0 Å². The lowest BCUT2D eigenvalue weighted by Gasteiger charge is -2.12. The van der Waals surface area contributed by atoms with Crippen LogP contribution in [-0.2, 0) is 0 Å². The smallest absolute Gasteiger partial charge is 0.200 e. The number of carbonyl (C=O) groups excluding carboxylic acids is 1. The summed E-state index contributed by atoms with van der Waals surface area (Å²) in [6, 6.07) is 9.32. The molecule has 4 heteroatoms. The third kappa shape index (κ3) is 3.86. The third-order valence-electron chi connectivity index (χ3n) is 3.21. The highest BCUT2D eigenvalue weighted by molar-refractivity contribution is 9.10. The summed E-state index contributed by atoms with van der Waals surface area (Å²) in [5.74, 6) is 0.461. The van der Waals surface area contributed by atoms with Gasteiger partial charge < -0.3 is 4.74 Å². The van der Waals surface area contributed by atoms with Crippen molar-refractivity contribution < 1.29 is 9.53 Å². The van der Waals surface area contributed by atoms with Gasteiger partial charge in [0.2, 0.25) is 5.78 Å². The fraction of sp³-hybridized carbons (Fsp3) is 0.235. The van der Waals surface area contributed by atoms with Gasteiger partial charge in [0.25, 0.3) is 0 Å². The quantitative estimate of drug-likeness (QED) is 0.686. The van der Waals surface area contributed by atoms with Crippen molar-refractivity contribution in [3.63, 3.8) is 0 Å². The molecule has 2 rings (SSSR count). The Morgan fingerprint density at radius 3 is 2.38 bits per heavy atom. The number of benzene rings is 2. The number of Topliss-reactive ketones (excluding diaryl/α,β-unsaturated/α-hetero) is 1. The Balaban J connectivity index is 2.18. The Bertz CT molecular complexity index is 672. The van der Waals surface area contributed by atoms with Gasteiger partial charge in [-0.05, 0) is 50.1 Å². The van der Waals surface area contributed by atoms with Gasteiger partial charge in [-0.1, -0.05) is 45.2 Å². The number of halogens is 2. The molecule has 0 saturated heterocycles. The molecule has 2 aromatic carbocycles. The lowest BCUT2D eigenvalue weighted by molar-refractivity contribution is 0.0920. The topological polar surface area (TPSA) is 26.3 Å². The minimum Gasteiger partial charge on any atom is -0.484 e. The molecule has 0 aromatic heterocycles. The van der Waals surface area contributed by atoms with E-state index in [1.807, 2.05) is 39.0 Å². The van der Waals surface area contributed by atoms with Crippen LogP contribution in [0.25, 0.3) is 0 Å². The van der Waals surface area contributed by atoms with Gasteiger partial charge in [0.15, 0.2) is 6.61 Å². The molecular formula is C17H16BrClO2. The van der Waals surface area contributed by atoms with Crippen molar-refractivity contribution in [2.45, 2.75) is 20.8 Å². The number of hydrogen-bond donors (Lipinski definition) is 0. The van der Waals surface area contributed by atoms with Gasteiger partial charge in [0.1, 0.15) is 5.75 Å². The van der Waals surface area contributed by atoms with Crippen LogP contribution >= 0.6 is 27.5 Å². The van der Waals surface area contributed by atoms with Gasteiger partial charge in [-0.25, -0.2) is 0 Å². The van der Waals surface area contributed by atoms with Crippen LogP contribution in [0.2, 0.25) is 5.02 Å². The van der Waals surface area contributed by atoms with E-state index in [9.17, 15) is 4.79 Å². The minimum atomic E-state index is -0.0407. The van der Waals surface area contributed by atoms with Crippen LogP contribution in [0, 0.1) is 20.8 Å². The first-order chi connectivity index (χ1) is 9.88. The zero-order valence-corrected chi connectivity index (χ0v) is 14.5. The van der Waals surface area contributed by atoms with Gasteiger partial charge in [-0.3, -0.25) is 4.79 Å². The molecule has 2 nitrogen and oxygen atoms in total. The van der Waals surface area contributed by atoms with Gasteiger partial charge in [0.05, 0.1) is 5.02 Å². The fourth-order valence-corrected chi connectivity index (χ4v) is 2.94. The standard InChI is InChI=1S/C17H16BrClO2/c1-10-6-11(2)17(12(3)7-10)15(20)9-21-16-8-13(18)4-5-14(16)19/h4-8H,9H2,1-3H3. The van der Waals surface area contributed by atoms with Gasteiger partial charge in [-0.15, -0.1) is 0 Å². The monoisotopic (exact) mass is 366 g/mol. The lowest BCUT2D eigenvalue weighted by atomic mass is 9.97. The summed E-state index contributed by atoms with van der Waals surface area (Å²) in [6.07, 6.45) is 0. The predicted molar refractivity (Wildman–Crippen MR) is 89.6 cm³/mol. The van der Waals surface area contributed by atoms with Crippen molar-refractivity contribution in [3.05, 3.63) is 62.1 Å². The molecule has 0 atom stereocenters. The SMILES string of the molecule is Cc1cc(C)c(C(=O)COc2cc(Br)ccc2Cl)c(C)c1. The second-order valence-electron chi connectivity index (χ2n) is 5.06. The summed E-state index contributed by atoms with van der Waals surface area (Å²) in [5.41, 5.74) is 3.83. The summed E-state index contributed by atoms with van der Waals surface area (Å²) in [7, 11) is 0. The van der Waals surface area contributed by atoms with Crippen molar-refractivity contribution in [1.29, 1.82) is 0 Å². The van der Waals surface area contributed by atoms with Crippen LogP contribution in [-0.4, -0.2) is 12.4 Å². The van der Waals surface area contributed by atoms with Crippen LogP contribution < -0.4 is 4.74 Å². The number of ether oxygens (including phenoxy) is 1. The van der Waals surface area contributed by atoms with E-state index in [4.69, 9.17) is 16.3 Å². The van der Waals surface area contributed by atoms with Crippen molar-refractivity contribution >= 4 is 33.3 Å². The van der Waals surface area contributed by atoms with Crippen LogP contribution in [0.4, 0.5) is 0 Å². The molecule has 0 radical (unpaired) electrons. The molecule has 0 N–H and O–H groups in total. The van der Waals surface area contributed by atoms with Crippen LogP contribution in [0.3, 0.4) is 0 Å². The maximum atomic E-state index is 12.4. The number of aryl methyl sites for hydroxylation is 3. The summed E-state index contributed by atoms with van der Waals surface area (Å²) in [5, 5.41) is 0.489. The first-order valence-corrected chi connectivity index (χ1v) is 7.74. The van der Waals surface area contributed by atoms with Crippen molar-refractivity contribution in [2.24, 2.45) is 0 Å². The molecule has 0 aliphatic heterocycles.